The Morgan fingerprint density at radius 3 is 2.21 bits per heavy atom. The maximum Gasteiger partial charge on any atom is 0.228 e. The van der Waals surface area contributed by atoms with Gasteiger partial charge in [-0.05, 0) is 24.3 Å². The lowest BCUT2D eigenvalue weighted by molar-refractivity contribution is -0.118. The molecule has 2 aromatic rings. The second-order valence-electron chi connectivity index (χ2n) is 5.31. The lowest BCUT2D eigenvalue weighted by Crippen LogP contribution is -2.34. The van der Waals surface area contributed by atoms with Gasteiger partial charge in [-0.1, -0.05) is 18.2 Å². The van der Waals surface area contributed by atoms with Gasteiger partial charge in [0.15, 0.2) is 11.6 Å². The molecule has 0 aliphatic rings. The summed E-state index contributed by atoms with van der Waals surface area (Å²) in [5, 5.41) is 0. The predicted octanol–water partition coefficient (Wildman–Crippen LogP) is 3.37. The molecule has 0 fully saturated rings. The van der Waals surface area contributed by atoms with Crippen LogP contribution < -0.4 is 9.80 Å². The molecule has 0 N–H and O–H groups in total. The van der Waals surface area contributed by atoms with Crippen LogP contribution in [0.1, 0.15) is 13.3 Å². The molecule has 4 nitrogen and oxygen atoms in total. The number of nitrogens with zero attached hydrogens (tertiary/aromatic N) is 2. The zero-order valence-electron chi connectivity index (χ0n) is 13.5. The third-order valence-electron chi connectivity index (χ3n) is 3.66. The monoisotopic (exact) mass is 332 g/mol. The van der Waals surface area contributed by atoms with Gasteiger partial charge in [-0.3, -0.25) is 9.59 Å². The Balaban J connectivity index is 2.07. The Labute approximate surface area is 139 Å². The fourth-order valence-corrected chi connectivity index (χ4v) is 2.29. The molecule has 0 atom stereocenters. The summed E-state index contributed by atoms with van der Waals surface area (Å²) < 4.78 is 26.4. The van der Waals surface area contributed by atoms with E-state index in [0.29, 0.717) is 0 Å². The van der Waals surface area contributed by atoms with Gasteiger partial charge in [0.1, 0.15) is 0 Å². The molecule has 0 bridgehead atoms. The van der Waals surface area contributed by atoms with Gasteiger partial charge in [0, 0.05) is 44.4 Å². The number of hydrogen-bond acceptors (Lipinski definition) is 2. The van der Waals surface area contributed by atoms with Gasteiger partial charge in [0.05, 0.1) is 0 Å². The average molecular weight is 332 g/mol. The molecule has 0 saturated carbocycles. The van der Waals surface area contributed by atoms with Gasteiger partial charge in [-0.2, -0.15) is 0 Å². The van der Waals surface area contributed by atoms with Gasteiger partial charge >= 0.3 is 0 Å². The Kier molecular flexibility index (Phi) is 5.63. The summed E-state index contributed by atoms with van der Waals surface area (Å²) in [6, 6.07) is 12.3. The lowest BCUT2D eigenvalue weighted by Gasteiger charge is -2.23. The van der Waals surface area contributed by atoms with E-state index in [0.717, 1.165) is 17.8 Å². The Hall–Kier alpha value is -2.76. The Morgan fingerprint density at radius 1 is 0.958 bits per heavy atom. The van der Waals surface area contributed by atoms with Gasteiger partial charge < -0.3 is 9.80 Å². The van der Waals surface area contributed by atoms with Crippen LogP contribution in [0.4, 0.5) is 20.2 Å². The highest BCUT2D eigenvalue weighted by Gasteiger charge is 2.17. The van der Waals surface area contributed by atoms with E-state index >= 15 is 0 Å². The van der Waals surface area contributed by atoms with Crippen LogP contribution in [-0.4, -0.2) is 25.4 Å². The minimum Gasteiger partial charge on any atom is -0.315 e. The average Bonchev–Trinajstić information content (AvgIpc) is 2.57. The van der Waals surface area contributed by atoms with Crippen LogP contribution in [0.5, 0.6) is 0 Å². The highest BCUT2D eigenvalue weighted by atomic mass is 19.2. The number of para-hydroxylation sites is 1. The number of halogens is 2. The highest BCUT2D eigenvalue weighted by molar-refractivity contribution is 5.95. The summed E-state index contributed by atoms with van der Waals surface area (Å²) in [5.41, 5.74) is 0.960. The molecule has 0 radical (unpaired) electrons. The summed E-state index contributed by atoms with van der Waals surface area (Å²) in [6.07, 6.45) is 0.0595. The van der Waals surface area contributed by atoms with E-state index in [-0.39, 0.29) is 30.5 Å². The van der Waals surface area contributed by atoms with E-state index in [2.05, 4.69) is 0 Å². The molecule has 126 valence electrons. The van der Waals surface area contributed by atoms with Crippen LogP contribution in [0.25, 0.3) is 0 Å². The molecule has 24 heavy (non-hydrogen) atoms. The van der Waals surface area contributed by atoms with Crippen LogP contribution in [-0.2, 0) is 9.59 Å². The summed E-state index contributed by atoms with van der Waals surface area (Å²) in [5.74, 6) is -2.56. The van der Waals surface area contributed by atoms with Crippen molar-refractivity contribution in [2.24, 2.45) is 0 Å². The fraction of sp³-hybridized carbons (Fsp3) is 0.222. The molecule has 2 rings (SSSR count). The third-order valence-corrected chi connectivity index (χ3v) is 3.66. The third kappa shape index (κ3) is 4.16. The van der Waals surface area contributed by atoms with E-state index in [1.54, 1.807) is 19.2 Å². The van der Waals surface area contributed by atoms with Crippen LogP contribution >= 0.6 is 0 Å². The van der Waals surface area contributed by atoms with Gasteiger partial charge in [-0.15, -0.1) is 0 Å². The maximum absolute atomic E-state index is 13.4. The first-order chi connectivity index (χ1) is 11.4. The highest BCUT2D eigenvalue weighted by Crippen LogP contribution is 2.19. The topological polar surface area (TPSA) is 40.6 Å². The molecular weight excluding hydrogens is 314 g/mol. The molecule has 6 heteroatoms. The number of amides is 2. The molecular formula is C18H18F2N2O2. The SMILES string of the molecule is CC(=O)N(CCC(=O)N(C)c1ccccc1)c1ccc(F)c(F)c1. The van der Waals surface area contributed by atoms with E-state index in [1.807, 2.05) is 18.2 Å². The van der Waals surface area contributed by atoms with E-state index in [4.69, 9.17) is 0 Å². The first-order valence-electron chi connectivity index (χ1n) is 7.45. The van der Waals surface area contributed by atoms with Crippen molar-refractivity contribution in [2.45, 2.75) is 13.3 Å². The lowest BCUT2D eigenvalue weighted by atomic mass is 10.2. The molecule has 0 aliphatic heterocycles. The van der Waals surface area contributed by atoms with E-state index in [9.17, 15) is 18.4 Å². The van der Waals surface area contributed by atoms with Crippen molar-refractivity contribution in [3.8, 4) is 0 Å². The number of benzene rings is 2. The van der Waals surface area contributed by atoms with E-state index < -0.39 is 11.6 Å². The standard InChI is InChI=1S/C18H18F2N2O2/c1-13(23)22(15-8-9-16(19)17(20)12-15)11-10-18(24)21(2)14-6-4-3-5-7-14/h3-9,12H,10-11H2,1-2H3. The molecule has 2 amide bonds. The number of anilines is 2. The van der Waals surface area contributed by atoms with Crippen molar-refractivity contribution in [1.29, 1.82) is 0 Å². The summed E-state index contributed by atoms with van der Waals surface area (Å²) >= 11 is 0. The second kappa shape index (κ2) is 7.68. The van der Waals surface area contributed by atoms with Gasteiger partial charge in [0.2, 0.25) is 11.8 Å². The normalized spacial score (nSPS) is 10.3. The van der Waals surface area contributed by atoms with Crippen LogP contribution in [0, 0.1) is 11.6 Å². The molecule has 0 aromatic heterocycles. The molecule has 0 spiro atoms. The van der Waals surface area contributed by atoms with Crippen molar-refractivity contribution in [3.05, 3.63) is 60.2 Å². The summed E-state index contributed by atoms with van der Waals surface area (Å²) in [4.78, 5) is 26.8. The summed E-state index contributed by atoms with van der Waals surface area (Å²) in [6.45, 7) is 1.39. The molecule has 0 aliphatic carbocycles. The molecule has 0 saturated heterocycles. The first-order valence-corrected chi connectivity index (χ1v) is 7.45. The van der Waals surface area contributed by atoms with Crippen LogP contribution in [0.2, 0.25) is 0 Å². The van der Waals surface area contributed by atoms with Crippen molar-refractivity contribution in [1.82, 2.24) is 0 Å². The quantitative estimate of drug-likeness (QED) is 0.842. The zero-order valence-corrected chi connectivity index (χ0v) is 13.5. The first kappa shape index (κ1) is 17.6. The van der Waals surface area contributed by atoms with Crippen LogP contribution in [0.15, 0.2) is 48.5 Å². The number of hydrogen-bond donors (Lipinski definition) is 0. The van der Waals surface area contributed by atoms with Crippen LogP contribution in [0.3, 0.4) is 0 Å². The van der Waals surface area contributed by atoms with E-state index in [1.165, 1.54) is 22.8 Å². The number of rotatable bonds is 5. The predicted molar refractivity (Wildman–Crippen MR) is 88.9 cm³/mol. The van der Waals surface area contributed by atoms with Gasteiger partial charge in [-0.25, -0.2) is 8.78 Å². The molecule has 0 heterocycles. The second-order valence-corrected chi connectivity index (χ2v) is 5.31. The number of carbonyl (C=O) groups is 2. The molecule has 0 unspecified atom stereocenters. The minimum absolute atomic E-state index is 0.0595. The Morgan fingerprint density at radius 2 is 1.62 bits per heavy atom. The zero-order chi connectivity index (χ0) is 17.7. The maximum atomic E-state index is 13.4. The van der Waals surface area contributed by atoms with Crippen molar-refractivity contribution >= 4 is 23.2 Å². The fourth-order valence-electron chi connectivity index (χ4n) is 2.29. The van der Waals surface area contributed by atoms with Crippen molar-refractivity contribution in [3.63, 3.8) is 0 Å². The van der Waals surface area contributed by atoms with Crippen molar-refractivity contribution in [2.75, 3.05) is 23.4 Å². The largest absolute Gasteiger partial charge is 0.315 e. The van der Waals surface area contributed by atoms with Crippen molar-refractivity contribution < 1.29 is 18.4 Å². The minimum atomic E-state index is -1.04. The number of carbonyl (C=O) groups excluding carboxylic acids is 2. The summed E-state index contributed by atoms with van der Waals surface area (Å²) in [7, 11) is 1.65. The smallest absolute Gasteiger partial charge is 0.228 e. The Bertz CT molecular complexity index is 735. The molecule has 2 aromatic carbocycles. The van der Waals surface area contributed by atoms with Gasteiger partial charge in [0.25, 0.3) is 0 Å².